The Kier molecular flexibility index (Phi) is 5.15. The highest BCUT2D eigenvalue weighted by atomic mass is 32.2. The molecule has 6 nitrogen and oxygen atoms in total. The normalized spacial score (nSPS) is 11.1. The van der Waals surface area contributed by atoms with Crippen molar-refractivity contribution in [1.82, 2.24) is 20.4 Å². The lowest BCUT2D eigenvalue weighted by molar-refractivity contribution is 0.0947. The van der Waals surface area contributed by atoms with Crippen LogP contribution in [-0.2, 0) is 6.54 Å². The van der Waals surface area contributed by atoms with Crippen LogP contribution >= 0.6 is 23.1 Å². The number of aryl methyl sites for hydroxylation is 3. The monoisotopic (exact) mass is 410 g/mol. The van der Waals surface area contributed by atoms with Crippen LogP contribution in [0.25, 0.3) is 10.2 Å². The fourth-order valence-electron chi connectivity index (χ4n) is 2.84. The number of hydrogen-bond acceptors (Lipinski definition) is 7. The number of nitrogens with zero attached hydrogens (tertiary/aromatic N) is 3. The van der Waals surface area contributed by atoms with Gasteiger partial charge in [-0.05, 0) is 38.5 Å². The number of benzene rings is 1. The van der Waals surface area contributed by atoms with Crippen LogP contribution in [0.4, 0.5) is 0 Å². The second-order valence-corrected chi connectivity index (χ2v) is 8.59. The summed E-state index contributed by atoms with van der Waals surface area (Å²) >= 11 is 3.15. The van der Waals surface area contributed by atoms with Crippen LogP contribution < -0.4 is 5.32 Å². The van der Waals surface area contributed by atoms with E-state index in [2.05, 4.69) is 34.3 Å². The predicted octanol–water partition coefficient (Wildman–Crippen LogP) is 4.69. The van der Waals surface area contributed by atoms with Gasteiger partial charge in [0.1, 0.15) is 27.6 Å². The maximum absolute atomic E-state index is 12.8. The van der Waals surface area contributed by atoms with Crippen molar-refractivity contribution in [2.75, 3.05) is 0 Å². The summed E-state index contributed by atoms with van der Waals surface area (Å²) in [6, 6.07) is 9.33. The molecule has 0 aliphatic heterocycles. The van der Waals surface area contributed by atoms with Gasteiger partial charge in [0.25, 0.3) is 5.91 Å². The molecule has 0 bridgehead atoms. The summed E-state index contributed by atoms with van der Waals surface area (Å²) in [5.41, 5.74) is 2.48. The lowest BCUT2D eigenvalue weighted by Crippen LogP contribution is -2.23. The topological polar surface area (TPSA) is 80.9 Å². The molecule has 142 valence electrons. The Morgan fingerprint density at radius 3 is 2.82 bits per heavy atom. The van der Waals surface area contributed by atoms with E-state index < -0.39 is 0 Å². The average Bonchev–Trinajstić information content (AvgIpc) is 3.23. The van der Waals surface area contributed by atoms with Gasteiger partial charge in [-0.2, -0.15) is 0 Å². The second kappa shape index (κ2) is 7.73. The summed E-state index contributed by atoms with van der Waals surface area (Å²) in [6.45, 7) is 6.31. The van der Waals surface area contributed by atoms with Crippen LogP contribution in [0.15, 0.2) is 51.1 Å². The third-order valence-corrected chi connectivity index (χ3v) is 6.57. The van der Waals surface area contributed by atoms with Crippen molar-refractivity contribution in [1.29, 1.82) is 0 Å². The van der Waals surface area contributed by atoms with E-state index in [0.29, 0.717) is 17.8 Å². The molecule has 4 aromatic rings. The molecule has 0 aliphatic carbocycles. The summed E-state index contributed by atoms with van der Waals surface area (Å²) < 4.78 is 5.04. The van der Waals surface area contributed by atoms with Crippen molar-refractivity contribution in [2.24, 2.45) is 0 Å². The Labute approximate surface area is 170 Å². The maximum Gasteiger partial charge on any atom is 0.252 e. The smallest absolute Gasteiger partial charge is 0.252 e. The molecule has 0 radical (unpaired) electrons. The van der Waals surface area contributed by atoms with E-state index in [4.69, 9.17) is 4.52 Å². The van der Waals surface area contributed by atoms with E-state index in [1.165, 1.54) is 22.2 Å². The molecule has 1 aromatic carbocycles. The number of amides is 1. The number of fused-ring (bicyclic) bond motifs is 1. The van der Waals surface area contributed by atoms with Crippen LogP contribution in [0, 0.1) is 20.8 Å². The minimum absolute atomic E-state index is 0.160. The number of carbonyl (C=O) groups is 1. The van der Waals surface area contributed by atoms with Gasteiger partial charge in [-0.15, -0.1) is 11.3 Å². The zero-order valence-corrected chi connectivity index (χ0v) is 17.3. The average molecular weight is 411 g/mol. The summed E-state index contributed by atoms with van der Waals surface area (Å²) in [6.07, 6.45) is 1.58. The number of thiophene rings is 1. The van der Waals surface area contributed by atoms with Crippen LogP contribution in [0.5, 0.6) is 0 Å². The number of nitrogens with one attached hydrogen (secondary N) is 1. The summed E-state index contributed by atoms with van der Waals surface area (Å²) in [4.78, 5) is 24.7. The third-order valence-electron chi connectivity index (χ3n) is 4.38. The van der Waals surface area contributed by atoms with Crippen LogP contribution in [0.1, 0.15) is 32.3 Å². The molecule has 0 aliphatic rings. The van der Waals surface area contributed by atoms with Crippen LogP contribution in [0.3, 0.4) is 0 Å². The first-order valence-corrected chi connectivity index (χ1v) is 10.3. The largest absolute Gasteiger partial charge is 0.361 e. The SMILES string of the molecule is Cc1cc(CNC(=O)c2ccccc2Sc2ncnc3sc(C)c(C)c23)no1. The van der Waals surface area contributed by atoms with E-state index in [0.717, 1.165) is 25.9 Å². The van der Waals surface area contributed by atoms with Crippen molar-refractivity contribution in [3.8, 4) is 0 Å². The standard InChI is InChI=1S/C20H18N4O2S2/c1-11-8-14(24-26-11)9-21-18(25)15-6-4-5-7-16(15)28-20-17-12(2)13(3)27-19(17)22-10-23-20/h4-8,10H,9H2,1-3H3,(H,21,25). The molecule has 0 saturated heterocycles. The Morgan fingerprint density at radius 1 is 1.21 bits per heavy atom. The zero-order chi connectivity index (χ0) is 19.7. The fraction of sp³-hybridized carbons (Fsp3) is 0.200. The molecular formula is C20H18N4O2S2. The van der Waals surface area contributed by atoms with E-state index >= 15 is 0 Å². The molecule has 1 amide bonds. The first-order chi connectivity index (χ1) is 13.5. The van der Waals surface area contributed by atoms with Crippen molar-refractivity contribution in [3.63, 3.8) is 0 Å². The molecule has 3 aromatic heterocycles. The molecule has 3 heterocycles. The summed E-state index contributed by atoms with van der Waals surface area (Å²) in [5, 5.41) is 8.73. The highest BCUT2D eigenvalue weighted by Crippen LogP contribution is 2.38. The van der Waals surface area contributed by atoms with Gasteiger partial charge < -0.3 is 9.84 Å². The third kappa shape index (κ3) is 3.65. The molecule has 1 N–H and O–H groups in total. The first-order valence-electron chi connectivity index (χ1n) is 8.71. The molecule has 0 unspecified atom stereocenters. The van der Waals surface area contributed by atoms with Gasteiger partial charge in [0, 0.05) is 21.2 Å². The lowest BCUT2D eigenvalue weighted by Gasteiger charge is -2.09. The van der Waals surface area contributed by atoms with Gasteiger partial charge in [-0.3, -0.25) is 4.79 Å². The Morgan fingerprint density at radius 2 is 2.04 bits per heavy atom. The number of carbonyl (C=O) groups excluding carboxylic acids is 1. The zero-order valence-electron chi connectivity index (χ0n) is 15.6. The molecule has 0 saturated carbocycles. The van der Waals surface area contributed by atoms with Gasteiger partial charge in [0.15, 0.2) is 0 Å². The van der Waals surface area contributed by atoms with Gasteiger partial charge in [-0.1, -0.05) is 29.1 Å². The van der Waals surface area contributed by atoms with E-state index in [-0.39, 0.29) is 5.91 Å². The van der Waals surface area contributed by atoms with Crippen molar-refractivity contribution >= 4 is 39.2 Å². The Bertz CT molecular complexity index is 1170. The summed E-state index contributed by atoms with van der Waals surface area (Å²) in [7, 11) is 0. The molecular weight excluding hydrogens is 392 g/mol. The summed E-state index contributed by atoms with van der Waals surface area (Å²) in [5.74, 6) is 0.557. The minimum Gasteiger partial charge on any atom is -0.361 e. The number of hydrogen-bond donors (Lipinski definition) is 1. The maximum atomic E-state index is 12.8. The molecule has 4 rings (SSSR count). The minimum atomic E-state index is -0.160. The quantitative estimate of drug-likeness (QED) is 0.481. The van der Waals surface area contributed by atoms with Crippen molar-refractivity contribution < 1.29 is 9.32 Å². The Balaban J connectivity index is 1.61. The second-order valence-electron chi connectivity index (χ2n) is 6.35. The van der Waals surface area contributed by atoms with Gasteiger partial charge in [0.05, 0.1) is 12.1 Å². The van der Waals surface area contributed by atoms with E-state index in [1.807, 2.05) is 31.2 Å². The van der Waals surface area contributed by atoms with Gasteiger partial charge in [-0.25, -0.2) is 9.97 Å². The first kappa shape index (κ1) is 18.6. The predicted molar refractivity (Wildman–Crippen MR) is 110 cm³/mol. The molecule has 0 spiro atoms. The fourth-order valence-corrected chi connectivity index (χ4v) is 4.98. The van der Waals surface area contributed by atoms with Gasteiger partial charge >= 0.3 is 0 Å². The molecule has 8 heteroatoms. The van der Waals surface area contributed by atoms with E-state index in [9.17, 15) is 4.79 Å². The highest BCUT2D eigenvalue weighted by molar-refractivity contribution is 7.99. The molecule has 0 atom stereocenters. The van der Waals surface area contributed by atoms with Gasteiger partial charge in [0.2, 0.25) is 0 Å². The Hall–Kier alpha value is -2.71. The lowest BCUT2D eigenvalue weighted by atomic mass is 10.2. The van der Waals surface area contributed by atoms with E-state index in [1.54, 1.807) is 23.7 Å². The highest BCUT2D eigenvalue weighted by Gasteiger charge is 2.17. The number of rotatable bonds is 5. The van der Waals surface area contributed by atoms with Crippen LogP contribution in [-0.4, -0.2) is 21.0 Å². The van der Waals surface area contributed by atoms with Crippen molar-refractivity contribution in [2.45, 2.75) is 37.2 Å². The number of aromatic nitrogens is 3. The molecule has 0 fully saturated rings. The molecule has 28 heavy (non-hydrogen) atoms. The van der Waals surface area contributed by atoms with Crippen molar-refractivity contribution in [3.05, 3.63) is 64.1 Å². The van der Waals surface area contributed by atoms with Crippen LogP contribution in [0.2, 0.25) is 0 Å².